The zero-order chi connectivity index (χ0) is 18.8. The van der Waals surface area contributed by atoms with Crippen molar-refractivity contribution in [3.8, 4) is 0 Å². The molecule has 0 bridgehead atoms. The second kappa shape index (κ2) is 7.72. The molecule has 1 aromatic carbocycles. The van der Waals surface area contributed by atoms with Crippen molar-refractivity contribution in [1.82, 2.24) is 9.80 Å². The Balaban J connectivity index is 1.39. The predicted molar refractivity (Wildman–Crippen MR) is 102 cm³/mol. The quantitative estimate of drug-likeness (QED) is 0.874. The zero-order valence-corrected chi connectivity index (χ0v) is 15.5. The Labute approximate surface area is 158 Å². The summed E-state index contributed by atoms with van der Waals surface area (Å²) in [6.07, 6.45) is 4.93. The van der Waals surface area contributed by atoms with Crippen LogP contribution in [0.4, 0.5) is 0 Å². The summed E-state index contributed by atoms with van der Waals surface area (Å²) in [6, 6.07) is 7.51. The highest BCUT2D eigenvalue weighted by molar-refractivity contribution is 5.95. The minimum Gasteiger partial charge on any atom is -0.475 e. The number of carboxylic acid groups (broad SMARTS) is 1. The molecule has 0 aliphatic carbocycles. The lowest BCUT2D eigenvalue weighted by molar-refractivity contribution is -0.134. The fourth-order valence-electron chi connectivity index (χ4n) is 4.35. The van der Waals surface area contributed by atoms with Crippen LogP contribution in [0.15, 0.2) is 28.7 Å². The van der Waals surface area contributed by atoms with Gasteiger partial charge in [0, 0.05) is 37.0 Å². The van der Waals surface area contributed by atoms with E-state index in [9.17, 15) is 14.7 Å². The van der Waals surface area contributed by atoms with Gasteiger partial charge < -0.3 is 14.4 Å². The molecule has 6 nitrogen and oxygen atoms in total. The van der Waals surface area contributed by atoms with Crippen molar-refractivity contribution in [2.45, 2.75) is 38.6 Å². The van der Waals surface area contributed by atoms with Crippen LogP contribution in [0.1, 0.15) is 48.2 Å². The van der Waals surface area contributed by atoms with Gasteiger partial charge in [0.05, 0.1) is 0 Å². The molecule has 144 valence electrons. The smallest absolute Gasteiger partial charge is 0.372 e. The highest BCUT2D eigenvalue weighted by atomic mass is 16.4. The number of carbonyl (C=O) groups is 2. The van der Waals surface area contributed by atoms with E-state index >= 15 is 0 Å². The number of para-hydroxylation sites is 1. The second-order valence-corrected chi connectivity index (χ2v) is 7.73. The molecule has 0 spiro atoms. The SMILES string of the molecule is O=C(O)c1oc2ccccc2c1CN1CCC(CN2CCCCC2=O)CC1. The van der Waals surface area contributed by atoms with Crippen LogP contribution >= 0.6 is 0 Å². The van der Waals surface area contributed by atoms with Gasteiger partial charge in [-0.1, -0.05) is 18.2 Å². The molecule has 0 atom stereocenters. The third-order valence-corrected chi connectivity index (χ3v) is 5.88. The van der Waals surface area contributed by atoms with Crippen LogP contribution in [0.2, 0.25) is 0 Å². The first-order chi connectivity index (χ1) is 13.1. The standard InChI is InChI=1S/C21H26N2O4/c24-19-7-3-4-10-23(19)13-15-8-11-22(12-9-15)14-17-16-5-1-2-6-18(16)27-20(17)21(25)26/h1-2,5-6,15H,3-4,7-14H2,(H,25,26). The maximum Gasteiger partial charge on any atom is 0.372 e. The fourth-order valence-corrected chi connectivity index (χ4v) is 4.35. The fraction of sp³-hybridized carbons (Fsp3) is 0.524. The Morgan fingerprint density at radius 2 is 1.93 bits per heavy atom. The Bertz CT molecular complexity index is 836. The molecule has 4 rings (SSSR count). The third-order valence-electron chi connectivity index (χ3n) is 5.88. The van der Waals surface area contributed by atoms with Gasteiger partial charge in [-0.2, -0.15) is 0 Å². The Kier molecular flexibility index (Phi) is 5.16. The predicted octanol–water partition coefficient (Wildman–Crippen LogP) is 3.36. The molecule has 0 unspecified atom stereocenters. The zero-order valence-electron chi connectivity index (χ0n) is 15.5. The highest BCUT2D eigenvalue weighted by Crippen LogP contribution is 2.29. The van der Waals surface area contributed by atoms with Gasteiger partial charge in [-0.3, -0.25) is 9.69 Å². The van der Waals surface area contributed by atoms with Gasteiger partial charge >= 0.3 is 5.97 Å². The molecule has 0 saturated carbocycles. The van der Waals surface area contributed by atoms with Crippen LogP contribution in [-0.2, 0) is 11.3 Å². The number of hydrogen-bond acceptors (Lipinski definition) is 4. The minimum absolute atomic E-state index is 0.0530. The summed E-state index contributed by atoms with van der Waals surface area (Å²) in [4.78, 5) is 27.9. The summed E-state index contributed by atoms with van der Waals surface area (Å²) < 4.78 is 5.57. The number of rotatable bonds is 5. The van der Waals surface area contributed by atoms with Crippen LogP contribution in [0.5, 0.6) is 0 Å². The van der Waals surface area contributed by atoms with Crippen LogP contribution < -0.4 is 0 Å². The van der Waals surface area contributed by atoms with E-state index in [0.717, 1.165) is 62.8 Å². The van der Waals surface area contributed by atoms with Crippen molar-refractivity contribution >= 4 is 22.8 Å². The topological polar surface area (TPSA) is 74.0 Å². The lowest BCUT2D eigenvalue weighted by Crippen LogP contribution is -2.42. The monoisotopic (exact) mass is 370 g/mol. The van der Waals surface area contributed by atoms with Crippen molar-refractivity contribution in [3.05, 3.63) is 35.6 Å². The number of nitrogens with zero attached hydrogens (tertiary/aromatic N) is 2. The number of furan rings is 1. The molecule has 1 amide bonds. The van der Waals surface area contributed by atoms with Crippen molar-refractivity contribution in [1.29, 1.82) is 0 Å². The molecule has 2 aliphatic heterocycles. The Morgan fingerprint density at radius 3 is 2.67 bits per heavy atom. The van der Waals surface area contributed by atoms with Crippen molar-refractivity contribution < 1.29 is 19.1 Å². The minimum atomic E-state index is -1.01. The number of piperidine rings is 2. The maximum absolute atomic E-state index is 12.0. The van der Waals surface area contributed by atoms with Crippen LogP contribution in [0, 0.1) is 5.92 Å². The Morgan fingerprint density at radius 1 is 1.15 bits per heavy atom. The van der Waals surface area contributed by atoms with Gasteiger partial charge in [0.2, 0.25) is 11.7 Å². The number of aromatic carboxylic acids is 1. The van der Waals surface area contributed by atoms with Crippen LogP contribution in [0.25, 0.3) is 11.0 Å². The van der Waals surface area contributed by atoms with E-state index in [4.69, 9.17) is 4.42 Å². The molecular formula is C21H26N2O4. The van der Waals surface area contributed by atoms with Crippen LogP contribution in [-0.4, -0.2) is 53.0 Å². The number of amides is 1. The van der Waals surface area contributed by atoms with E-state index in [2.05, 4.69) is 4.90 Å². The number of hydrogen-bond donors (Lipinski definition) is 1. The first kappa shape index (κ1) is 18.0. The number of carboxylic acids is 1. The summed E-state index contributed by atoms with van der Waals surface area (Å²) in [7, 11) is 0. The van der Waals surface area contributed by atoms with E-state index in [1.54, 1.807) is 0 Å². The van der Waals surface area contributed by atoms with Gasteiger partial charge in [-0.25, -0.2) is 4.79 Å². The van der Waals surface area contributed by atoms with Crippen LogP contribution in [0.3, 0.4) is 0 Å². The number of carbonyl (C=O) groups excluding carboxylic acids is 1. The molecular weight excluding hydrogens is 344 g/mol. The van der Waals surface area contributed by atoms with Crippen molar-refractivity contribution in [2.75, 3.05) is 26.2 Å². The first-order valence-corrected chi connectivity index (χ1v) is 9.85. The molecule has 2 fully saturated rings. The summed E-state index contributed by atoms with van der Waals surface area (Å²) >= 11 is 0. The van der Waals surface area contributed by atoms with Gasteiger partial charge in [0.15, 0.2) is 0 Å². The maximum atomic E-state index is 12.0. The average molecular weight is 370 g/mol. The van der Waals surface area contributed by atoms with E-state index < -0.39 is 5.97 Å². The lowest BCUT2D eigenvalue weighted by atomic mass is 9.94. The van der Waals surface area contributed by atoms with Gasteiger partial charge in [-0.05, 0) is 50.8 Å². The average Bonchev–Trinajstić information content (AvgIpc) is 3.04. The van der Waals surface area contributed by atoms with Crippen molar-refractivity contribution in [3.63, 3.8) is 0 Å². The van der Waals surface area contributed by atoms with Crippen molar-refractivity contribution in [2.24, 2.45) is 5.92 Å². The Hall–Kier alpha value is -2.34. The summed E-state index contributed by atoms with van der Waals surface area (Å²) in [5.41, 5.74) is 1.39. The summed E-state index contributed by atoms with van der Waals surface area (Å²) in [5, 5.41) is 10.4. The molecule has 0 radical (unpaired) electrons. The van der Waals surface area contributed by atoms with Gasteiger partial charge in [0.1, 0.15) is 5.58 Å². The molecule has 1 aromatic heterocycles. The van der Waals surface area contributed by atoms with E-state index in [1.807, 2.05) is 29.2 Å². The molecule has 27 heavy (non-hydrogen) atoms. The molecule has 2 aliphatic rings. The molecule has 3 heterocycles. The molecule has 2 saturated heterocycles. The number of likely N-dealkylation sites (tertiary alicyclic amines) is 2. The molecule has 1 N–H and O–H groups in total. The summed E-state index contributed by atoms with van der Waals surface area (Å²) in [5.74, 6) is -0.111. The second-order valence-electron chi connectivity index (χ2n) is 7.73. The molecule has 2 aromatic rings. The first-order valence-electron chi connectivity index (χ1n) is 9.85. The third kappa shape index (κ3) is 3.86. The van der Waals surface area contributed by atoms with E-state index in [1.165, 1.54) is 0 Å². The largest absolute Gasteiger partial charge is 0.475 e. The van der Waals surface area contributed by atoms with E-state index in [0.29, 0.717) is 30.4 Å². The number of fused-ring (bicyclic) bond motifs is 1. The lowest BCUT2D eigenvalue weighted by Gasteiger charge is -2.36. The highest BCUT2D eigenvalue weighted by Gasteiger charge is 2.27. The van der Waals surface area contributed by atoms with E-state index in [-0.39, 0.29) is 5.76 Å². The van der Waals surface area contributed by atoms with Gasteiger partial charge in [-0.15, -0.1) is 0 Å². The molecule has 6 heteroatoms. The normalized spacial score (nSPS) is 19.7. The number of benzene rings is 1. The summed E-state index contributed by atoms with van der Waals surface area (Å²) in [6.45, 7) is 4.22. The van der Waals surface area contributed by atoms with Gasteiger partial charge in [0.25, 0.3) is 0 Å².